The van der Waals surface area contributed by atoms with Gasteiger partial charge in [0.15, 0.2) is 0 Å². The van der Waals surface area contributed by atoms with E-state index in [-0.39, 0.29) is 0 Å². The normalized spacial score (nSPS) is 8.53. The third-order valence-corrected chi connectivity index (χ3v) is 2.67. The van der Waals surface area contributed by atoms with Gasteiger partial charge in [-0.1, -0.05) is 45.5 Å². The van der Waals surface area contributed by atoms with E-state index in [1.54, 1.807) is 24.3 Å². The van der Waals surface area contributed by atoms with Crippen molar-refractivity contribution in [1.82, 2.24) is 14.5 Å². The quantitative estimate of drug-likeness (QED) is 0.807. The molecule has 0 bridgehead atoms. The molecule has 0 aliphatic rings. The van der Waals surface area contributed by atoms with E-state index >= 15 is 0 Å². The van der Waals surface area contributed by atoms with Crippen molar-refractivity contribution in [1.29, 1.82) is 0 Å². The summed E-state index contributed by atoms with van der Waals surface area (Å²) in [6.07, 6.45) is 5.41. The first-order valence-electron chi connectivity index (χ1n) is 5.91. The molecule has 0 fully saturated rings. The van der Waals surface area contributed by atoms with E-state index in [0.717, 1.165) is 10.1 Å². The van der Waals surface area contributed by atoms with Crippen LogP contribution in [0.5, 0.6) is 0 Å². The molecule has 2 aromatic heterocycles. The van der Waals surface area contributed by atoms with Crippen LogP contribution >= 0.6 is 11.8 Å². The lowest BCUT2D eigenvalue weighted by Crippen LogP contribution is -1.87. The molecule has 0 saturated carbocycles. The second-order valence-corrected chi connectivity index (χ2v) is 3.65. The SMILES string of the molecule is CC.CC.Cn1cncc1Sc1ccccn1. The Bertz CT molecular complexity index is 385. The average Bonchev–Trinajstić information content (AvgIpc) is 2.81. The molecule has 3 nitrogen and oxygen atoms in total. The minimum atomic E-state index is 0.992. The molecule has 0 radical (unpaired) electrons. The maximum atomic E-state index is 4.22. The van der Waals surface area contributed by atoms with Crippen LogP contribution in [-0.4, -0.2) is 14.5 Å². The van der Waals surface area contributed by atoms with E-state index < -0.39 is 0 Å². The molecule has 17 heavy (non-hydrogen) atoms. The zero-order valence-corrected chi connectivity index (χ0v) is 12.0. The van der Waals surface area contributed by atoms with Crippen molar-refractivity contribution in [3.63, 3.8) is 0 Å². The summed E-state index contributed by atoms with van der Waals surface area (Å²) in [6.45, 7) is 8.00. The molecule has 0 unspecified atom stereocenters. The number of pyridine rings is 1. The molecule has 0 aromatic carbocycles. The molecule has 2 heterocycles. The van der Waals surface area contributed by atoms with E-state index in [1.807, 2.05) is 63.7 Å². The fourth-order valence-corrected chi connectivity index (χ4v) is 1.74. The highest BCUT2D eigenvalue weighted by atomic mass is 32.2. The summed E-state index contributed by atoms with van der Waals surface area (Å²) < 4.78 is 1.97. The molecule has 4 heteroatoms. The number of aromatic nitrogens is 3. The summed E-state index contributed by atoms with van der Waals surface area (Å²) in [6, 6.07) is 5.87. The van der Waals surface area contributed by atoms with Gasteiger partial charge in [0.1, 0.15) is 10.1 Å². The average molecular weight is 251 g/mol. The summed E-state index contributed by atoms with van der Waals surface area (Å²) >= 11 is 1.61. The van der Waals surface area contributed by atoms with Crippen LogP contribution < -0.4 is 0 Å². The Balaban J connectivity index is 0.000000581. The Hall–Kier alpha value is -1.29. The minimum absolute atomic E-state index is 0.992. The molecular formula is C13H21N3S. The topological polar surface area (TPSA) is 30.7 Å². The summed E-state index contributed by atoms with van der Waals surface area (Å²) in [4.78, 5) is 8.25. The van der Waals surface area contributed by atoms with Crippen molar-refractivity contribution in [2.24, 2.45) is 7.05 Å². The number of rotatable bonds is 2. The maximum Gasteiger partial charge on any atom is 0.102 e. The number of hydrogen-bond donors (Lipinski definition) is 0. The fraction of sp³-hybridized carbons (Fsp3) is 0.385. The molecule has 2 rings (SSSR count). The first kappa shape index (κ1) is 15.7. The van der Waals surface area contributed by atoms with Crippen LogP contribution in [0.2, 0.25) is 0 Å². The van der Waals surface area contributed by atoms with Crippen LogP contribution in [0, 0.1) is 0 Å². The highest BCUT2D eigenvalue weighted by molar-refractivity contribution is 7.99. The second-order valence-electron chi connectivity index (χ2n) is 2.61. The third-order valence-electron chi connectivity index (χ3n) is 1.62. The molecular weight excluding hydrogens is 230 g/mol. The van der Waals surface area contributed by atoms with Gasteiger partial charge in [-0.2, -0.15) is 0 Å². The Morgan fingerprint density at radius 3 is 2.29 bits per heavy atom. The summed E-state index contributed by atoms with van der Waals surface area (Å²) in [5.41, 5.74) is 0. The Morgan fingerprint density at radius 1 is 1.12 bits per heavy atom. The van der Waals surface area contributed by atoms with E-state index in [2.05, 4.69) is 9.97 Å². The predicted octanol–water partition coefficient (Wildman–Crippen LogP) is 4.02. The highest BCUT2D eigenvalue weighted by Gasteiger charge is 2.00. The van der Waals surface area contributed by atoms with Crippen molar-refractivity contribution < 1.29 is 0 Å². The first-order valence-corrected chi connectivity index (χ1v) is 6.73. The molecule has 0 saturated heterocycles. The van der Waals surface area contributed by atoms with Crippen molar-refractivity contribution in [3.8, 4) is 0 Å². The summed E-state index contributed by atoms with van der Waals surface area (Å²) in [5.74, 6) is 0. The summed E-state index contributed by atoms with van der Waals surface area (Å²) in [7, 11) is 1.97. The Morgan fingerprint density at radius 2 is 1.82 bits per heavy atom. The summed E-state index contributed by atoms with van der Waals surface area (Å²) in [5, 5.41) is 2.09. The van der Waals surface area contributed by atoms with Gasteiger partial charge in [0, 0.05) is 13.2 Å². The highest BCUT2D eigenvalue weighted by Crippen LogP contribution is 2.23. The van der Waals surface area contributed by atoms with E-state index in [9.17, 15) is 0 Å². The zero-order chi connectivity index (χ0) is 13.1. The van der Waals surface area contributed by atoms with Gasteiger partial charge in [-0.3, -0.25) is 0 Å². The number of imidazole rings is 1. The molecule has 94 valence electrons. The molecule has 0 atom stereocenters. The predicted molar refractivity (Wildman–Crippen MR) is 74.3 cm³/mol. The van der Waals surface area contributed by atoms with Crippen molar-refractivity contribution in [2.75, 3.05) is 0 Å². The van der Waals surface area contributed by atoms with Crippen LogP contribution in [0.4, 0.5) is 0 Å². The lowest BCUT2D eigenvalue weighted by Gasteiger charge is -1.99. The van der Waals surface area contributed by atoms with Crippen molar-refractivity contribution in [3.05, 3.63) is 36.9 Å². The molecule has 0 spiro atoms. The second kappa shape index (κ2) is 9.90. The van der Waals surface area contributed by atoms with Gasteiger partial charge in [-0.15, -0.1) is 0 Å². The number of aryl methyl sites for hydroxylation is 1. The molecule has 0 amide bonds. The van der Waals surface area contributed by atoms with Crippen LogP contribution in [0.3, 0.4) is 0 Å². The van der Waals surface area contributed by atoms with Gasteiger partial charge in [0.2, 0.25) is 0 Å². The smallest absolute Gasteiger partial charge is 0.102 e. The standard InChI is InChI=1S/C9H9N3S.2C2H6/c1-12-7-10-6-9(12)13-8-4-2-3-5-11-8;2*1-2/h2-7H,1H3;2*1-2H3. The minimum Gasteiger partial charge on any atom is -0.329 e. The number of hydrogen-bond acceptors (Lipinski definition) is 3. The fourth-order valence-electron chi connectivity index (χ4n) is 0.958. The molecule has 0 N–H and O–H groups in total. The molecule has 0 aliphatic carbocycles. The maximum absolute atomic E-state index is 4.22. The van der Waals surface area contributed by atoms with Gasteiger partial charge >= 0.3 is 0 Å². The van der Waals surface area contributed by atoms with Gasteiger partial charge in [0.05, 0.1) is 12.5 Å². The van der Waals surface area contributed by atoms with Crippen LogP contribution in [0.25, 0.3) is 0 Å². The van der Waals surface area contributed by atoms with Gasteiger partial charge in [-0.25, -0.2) is 9.97 Å². The van der Waals surface area contributed by atoms with Crippen LogP contribution in [0.1, 0.15) is 27.7 Å². The van der Waals surface area contributed by atoms with Gasteiger partial charge < -0.3 is 4.57 Å². The lowest BCUT2D eigenvalue weighted by molar-refractivity contribution is 0.823. The van der Waals surface area contributed by atoms with Crippen molar-refractivity contribution >= 4 is 11.8 Å². The van der Waals surface area contributed by atoms with Crippen LogP contribution in [-0.2, 0) is 7.05 Å². The zero-order valence-electron chi connectivity index (χ0n) is 11.2. The van der Waals surface area contributed by atoms with E-state index in [0.29, 0.717) is 0 Å². The van der Waals surface area contributed by atoms with Crippen LogP contribution in [0.15, 0.2) is 47.0 Å². The Kier molecular flexibility index (Phi) is 9.15. The number of nitrogens with zero attached hydrogens (tertiary/aromatic N) is 3. The lowest BCUT2D eigenvalue weighted by atomic mass is 10.5. The van der Waals surface area contributed by atoms with Gasteiger partial charge in [0.25, 0.3) is 0 Å². The molecule has 2 aromatic rings. The van der Waals surface area contributed by atoms with Crippen molar-refractivity contribution in [2.45, 2.75) is 37.7 Å². The monoisotopic (exact) mass is 251 g/mol. The molecule has 0 aliphatic heterocycles. The van der Waals surface area contributed by atoms with E-state index in [1.165, 1.54) is 0 Å². The Labute approximate surface area is 108 Å². The first-order chi connectivity index (χ1) is 8.36. The third kappa shape index (κ3) is 5.54. The van der Waals surface area contributed by atoms with E-state index in [4.69, 9.17) is 0 Å². The largest absolute Gasteiger partial charge is 0.329 e. The van der Waals surface area contributed by atoms with Gasteiger partial charge in [-0.05, 0) is 12.1 Å².